The minimum atomic E-state index is -3.44. The fourth-order valence-corrected chi connectivity index (χ4v) is 1.51. The first kappa shape index (κ1) is 10.3. The van der Waals surface area contributed by atoms with E-state index in [1.54, 1.807) is 6.07 Å². The van der Waals surface area contributed by atoms with Gasteiger partial charge in [0.25, 0.3) is 0 Å². The van der Waals surface area contributed by atoms with Gasteiger partial charge in [-0.3, -0.25) is 4.72 Å². The van der Waals surface area contributed by atoms with Crippen molar-refractivity contribution in [1.29, 1.82) is 5.26 Å². The number of nitriles is 1. The number of sulfonamides is 1. The predicted molar refractivity (Wildman–Crippen MR) is 51.3 cm³/mol. The highest BCUT2D eigenvalue weighted by Gasteiger charge is 2.10. The van der Waals surface area contributed by atoms with E-state index in [9.17, 15) is 13.5 Å². The van der Waals surface area contributed by atoms with Crippen molar-refractivity contribution >= 4 is 15.7 Å². The van der Waals surface area contributed by atoms with E-state index >= 15 is 0 Å². The molecule has 0 aliphatic rings. The molecule has 1 aromatic rings. The Hall–Kier alpha value is -1.74. The van der Waals surface area contributed by atoms with Crippen molar-refractivity contribution < 1.29 is 13.5 Å². The van der Waals surface area contributed by atoms with Gasteiger partial charge in [-0.25, -0.2) is 8.42 Å². The quantitative estimate of drug-likeness (QED) is 0.752. The summed E-state index contributed by atoms with van der Waals surface area (Å²) in [6.45, 7) is 0. The van der Waals surface area contributed by atoms with E-state index in [-0.39, 0.29) is 17.0 Å². The number of rotatable bonds is 2. The van der Waals surface area contributed by atoms with Crippen LogP contribution in [0.15, 0.2) is 18.2 Å². The van der Waals surface area contributed by atoms with Gasteiger partial charge in [0.05, 0.1) is 11.9 Å². The highest BCUT2D eigenvalue weighted by atomic mass is 32.2. The molecule has 0 saturated carbocycles. The number of benzene rings is 1. The smallest absolute Gasteiger partial charge is 0.229 e. The molecule has 6 heteroatoms. The fourth-order valence-electron chi connectivity index (χ4n) is 0.942. The van der Waals surface area contributed by atoms with Crippen LogP contribution in [0.5, 0.6) is 5.75 Å². The number of nitrogens with one attached hydrogen (secondary N) is 1. The zero-order valence-electron chi connectivity index (χ0n) is 7.35. The molecule has 0 fully saturated rings. The maximum Gasteiger partial charge on any atom is 0.229 e. The molecule has 1 rings (SSSR count). The summed E-state index contributed by atoms with van der Waals surface area (Å²) >= 11 is 0. The van der Waals surface area contributed by atoms with Crippen LogP contribution in [0.25, 0.3) is 0 Å². The molecule has 0 unspecified atom stereocenters. The van der Waals surface area contributed by atoms with Crippen LogP contribution in [0, 0.1) is 11.3 Å². The van der Waals surface area contributed by atoms with Gasteiger partial charge in [0.2, 0.25) is 10.0 Å². The summed E-state index contributed by atoms with van der Waals surface area (Å²) in [6.07, 6.45) is 0.970. The van der Waals surface area contributed by atoms with Crippen molar-refractivity contribution in [3.8, 4) is 11.8 Å². The summed E-state index contributed by atoms with van der Waals surface area (Å²) in [5.41, 5.74) is -0.00655. The molecular formula is C8H8N2O3S. The number of anilines is 1. The van der Waals surface area contributed by atoms with E-state index < -0.39 is 10.0 Å². The molecule has 0 amide bonds. The number of hydrogen-bond donors (Lipinski definition) is 2. The standard InChI is InChI=1S/C8H8N2O3S/c1-14(12,13)10-7-3-2-4-8(11)6(7)5-9/h2-4,10-11H,1H3. The van der Waals surface area contributed by atoms with E-state index in [4.69, 9.17) is 5.26 Å². The summed E-state index contributed by atoms with van der Waals surface area (Å²) in [5.74, 6) is -0.249. The summed E-state index contributed by atoms with van der Waals surface area (Å²) in [5, 5.41) is 17.9. The van der Waals surface area contributed by atoms with Crippen LogP contribution in [0.3, 0.4) is 0 Å². The van der Waals surface area contributed by atoms with Crippen LogP contribution < -0.4 is 4.72 Å². The van der Waals surface area contributed by atoms with E-state index in [1.807, 2.05) is 0 Å². The lowest BCUT2D eigenvalue weighted by Crippen LogP contribution is -2.10. The highest BCUT2D eigenvalue weighted by molar-refractivity contribution is 7.92. The van der Waals surface area contributed by atoms with Gasteiger partial charge in [0, 0.05) is 0 Å². The Bertz CT molecular complexity index is 488. The summed E-state index contributed by atoms with van der Waals surface area (Å²) in [6, 6.07) is 5.87. The predicted octanol–water partition coefficient (Wildman–Crippen LogP) is 0.635. The molecule has 2 N–H and O–H groups in total. The largest absolute Gasteiger partial charge is 0.506 e. The molecule has 0 aromatic heterocycles. The molecule has 0 aliphatic carbocycles. The molecule has 0 aliphatic heterocycles. The molecule has 0 radical (unpaired) electrons. The number of nitrogens with zero attached hydrogens (tertiary/aromatic N) is 1. The Kier molecular flexibility index (Phi) is 2.63. The monoisotopic (exact) mass is 212 g/mol. The SMILES string of the molecule is CS(=O)(=O)Nc1cccc(O)c1C#N. The van der Waals surface area contributed by atoms with E-state index in [0.717, 1.165) is 6.26 Å². The Balaban J connectivity index is 3.24. The fraction of sp³-hybridized carbons (Fsp3) is 0.125. The second kappa shape index (κ2) is 3.55. The van der Waals surface area contributed by atoms with Crippen molar-refractivity contribution in [3.63, 3.8) is 0 Å². The van der Waals surface area contributed by atoms with Crippen LogP contribution in [0.4, 0.5) is 5.69 Å². The zero-order chi connectivity index (χ0) is 10.8. The zero-order valence-corrected chi connectivity index (χ0v) is 8.17. The van der Waals surface area contributed by atoms with Gasteiger partial charge in [-0.05, 0) is 12.1 Å². The third-order valence-electron chi connectivity index (χ3n) is 1.45. The molecule has 0 spiro atoms. The van der Waals surface area contributed by atoms with E-state index in [0.29, 0.717) is 0 Å². The second-order valence-electron chi connectivity index (χ2n) is 2.69. The van der Waals surface area contributed by atoms with E-state index in [2.05, 4.69) is 4.72 Å². The van der Waals surface area contributed by atoms with Crippen molar-refractivity contribution in [3.05, 3.63) is 23.8 Å². The lowest BCUT2D eigenvalue weighted by molar-refractivity contribution is 0.474. The van der Waals surface area contributed by atoms with Crippen molar-refractivity contribution in [2.75, 3.05) is 11.0 Å². The van der Waals surface area contributed by atoms with Crippen LogP contribution in [0.2, 0.25) is 0 Å². The maximum atomic E-state index is 10.9. The first-order valence-corrected chi connectivity index (χ1v) is 5.53. The van der Waals surface area contributed by atoms with E-state index in [1.165, 1.54) is 18.2 Å². The third kappa shape index (κ3) is 2.37. The summed E-state index contributed by atoms with van der Waals surface area (Å²) in [7, 11) is -3.44. The van der Waals surface area contributed by atoms with Crippen LogP contribution in [0.1, 0.15) is 5.56 Å². The van der Waals surface area contributed by atoms with Gasteiger partial charge in [-0.15, -0.1) is 0 Å². The molecule has 0 saturated heterocycles. The molecule has 0 heterocycles. The number of hydrogen-bond acceptors (Lipinski definition) is 4. The minimum Gasteiger partial charge on any atom is -0.506 e. The average molecular weight is 212 g/mol. The van der Waals surface area contributed by atoms with Crippen molar-refractivity contribution in [2.24, 2.45) is 0 Å². The molecular weight excluding hydrogens is 204 g/mol. The van der Waals surface area contributed by atoms with Gasteiger partial charge < -0.3 is 5.11 Å². The number of phenols is 1. The van der Waals surface area contributed by atoms with Gasteiger partial charge in [-0.1, -0.05) is 6.07 Å². The van der Waals surface area contributed by atoms with Gasteiger partial charge in [-0.2, -0.15) is 5.26 Å². The van der Waals surface area contributed by atoms with Crippen LogP contribution in [-0.2, 0) is 10.0 Å². The molecule has 0 bridgehead atoms. The molecule has 1 aromatic carbocycles. The summed E-state index contributed by atoms with van der Waals surface area (Å²) in [4.78, 5) is 0. The normalized spacial score (nSPS) is 10.6. The van der Waals surface area contributed by atoms with Gasteiger partial charge in [0.15, 0.2) is 0 Å². The summed E-state index contributed by atoms with van der Waals surface area (Å²) < 4.78 is 23.9. The van der Waals surface area contributed by atoms with Crippen molar-refractivity contribution in [1.82, 2.24) is 0 Å². The van der Waals surface area contributed by atoms with Crippen LogP contribution in [-0.4, -0.2) is 19.8 Å². The van der Waals surface area contributed by atoms with Gasteiger partial charge in [0.1, 0.15) is 17.4 Å². The third-order valence-corrected chi connectivity index (χ3v) is 2.04. The number of phenolic OH excluding ortho intramolecular Hbond substituents is 1. The van der Waals surface area contributed by atoms with Gasteiger partial charge >= 0.3 is 0 Å². The molecule has 74 valence electrons. The lowest BCUT2D eigenvalue weighted by atomic mass is 10.2. The Labute approximate surface area is 81.7 Å². The van der Waals surface area contributed by atoms with Crippen molar-refractivity contribution in [2.45, 2.75) is 0 Å². The highest BCUT2D eigenvalue weighted by Crippen LogP contribution is 2.24. The average Bonchev–Trinajstić information content (AvgIpc) is 2.01. The Morgan fingerprint density at radius 1 is 1.50 bits per heavy atom. The minimum absolute atomic E-state index is 0.0787. The first-order chi connectivity index (χ1) is 6.44. The van der Waals surface area contributed by atoms with Crippen LogP contribution >= 0.6 is 0 Å². The Morgan fingerprint density at radius 3 is 2.64 bits per heavy atom. The topological polar surface area (TPSA) is 90.2 Å². The first-order valence-electron chi connectivity index (χ1n) is 3.64. The second-order valence-corrected chi connectivity index (χ2v) is 4.43. The molecule has 14 heavy (non-hydrogen) atoms. The molecule has 0 atom stereocenters. The number of aromatic hydroxyl groups is 1. The molecule has 5 nitrogen and oxygen atoms in total. The lowest BCUT2D eigenvalue weighted by Gasteiger charge is -2.06. The Morgan fingerprint density at radius 2 is 2.14 bits per heavy atom. The maximum absolute atomic E-state index is 10.9.